The largest absolute Gasteiger partial charge is 0.344 e. The predicted octanol–water partition coefficient (Wildman–Crippen LogP) is 1.33. The Kier molecular flexibility index (Phi) is 5.09. The molecule has 2 amide bonds. The molecule has 0 aromatic carbocycles. The molecule has 6 heteroatoms. The molecule has 0 spiro atoms. The van der Waals surface area contributed by atoms with Gasteiger partial charge in [-0.3, -0.25) is 14.6 Å². The van der Waals surface area contributed by atoms with Crippen molar-refractivity contribution in [1.29, 1.82) is 0 Å². The molecular formula is C12H16ClN3O2. The van der Waals surface area contributed by atoms with Gasteiger partial charge < -0.3 is 10.2 Å². The molecule has 0 radical (unpaired) electrons. The van der Waals surface area contributed by atoms with Crippen molar-refractivity contribution in [3.63, 3.8) is 0 Å². The van der Waals surface area contributed by atoms with Crippen LogP contribution in [0.25, 0.3) is 0 Å². The van der Waals surface area contributed by atoms with Crippen molar-refractivity contribution >= 4 is 23.4 Å². The minimum atomic E-state index is -0.594. The van der Waals surface area contributed by atoms with Crippen molar-refractivity contribution in [2.24, 2.45) is 0 Å². The lowest BCUT2D eigenvalue weighted by molar-refractivity contribution is -0.131. The van der Waals surface area contributed by atoms with Gasteiger partial charge in [-0.2, -0.15) is 0 Å². The van der Waals surface area contributed by atoms with Gasteiger partial charge >= 0.3 is 0 Å². The van der Waals surface area contributed by atoms with Crippen LogP contribution >= 0.6 is 11.6 Å². The predicted molar refractivity (Wildman–Crippen MR) is 69.5 cm³/mol. The summed E-state index contributed by atoms with van der Waals surface area (Å²) in [5, 5.41) is 3.02. The van der Waals surface area contributed by atoms with Gasteiger partial charge in [0.2, 0.25) is 5.91 Å². The summed E-state index contributed by atoms with van der Waals surface area (Å²) in [5.41, 5.74) is 0.196. The molecule has 1 rings (SSSR count). The highest BCUT2D eigenvalue weighted by Crippen LogP contribution is 2.08. The number of carbonyl (C=O) groups excluding carboxylic acids is 2. The van der Waals surface area contributed by atoms with E-state index in [0.29, 0.717) is 11.6 Å². The Hall–Kier alpha value is -1.62. The van der Waals surface area contributed by atoms with Gasteiger partial charge in [0.05, 0.1) is 0 Å². The third-order valence-electron chi connectivity index (χ3n) is 2.52. The Morgan fingerprint density at radius 1 is 1.56 bits per heavy atom. The van der Waals surface area contributed by atoms with E-state index in [2.05, 4.69) is 10.3 Å². The maximum atomic E-state index is 11.8. The minimum Gasteiger partial charge on any atom is -0.344 e. The summed E-state index contributed by atoms with van der Waals surface area (Å²) >= 11 is 5.77. The first-order chi connectivity index (χ1) is 8.45. The second-order valence-electron chi connectivity index (χ2n) is 3.91. The summed E-state index contributed by atoms with van der Waals surface area (Å²) in [6, 6.07) is 2.44. The average molecular weight is 270 g/mol. The number of pyridine rings is 1. The van der Waals surface area contributed by atoms with Crippen LogP contribution in [0.15, 0.2) is 18.3 Å². The molecule has 1 aromatic rings. The molecule has 0 saturated heterocycles. The number of likely N-dealkylation sites (N-methyl/N-ethyl adjacent to an activating group) is 1. The molecule has 0 saturated carbocycles. The van der Waals surface area contributed by atoms with E-state index in [1.54, 1.807) is 20.0 Å². The molecule has 1 heterocycles. The van der Waals surface area contributed by atoms with Crippen molar-refractivity contribution in [3.05, 3.63) is 29.0 Å². The molecule has 0 fully saturated rings. The quantitative estimate of drug-likeness (QED) is 0.897. The van der Waals surface area contributed by atoms with E-state index in [1.165, 1.54) is 17.2 Å². The van der Waals surface area contributed by atoms with Gasteiger partial charge in [0, 0.05) is 24.8 Å². The van der Waals surface area contributed by atoms with Crippen LogP contribution in [0.4, 0.5) is 0 Å². The smallest absolute Gasteiger partial charge is 0.270 e. The van der Waals surface area contributed by atoms with Crippen molar-refractivity contribution < 1.29 is 9.59 Å². The lowest BCUT2D eigenvalue weighted by atomic mass is 10.2. The van der Waals surface area contributed by atoms with E-state index in [-0.39, 0.29) is 11.6 Å². The molecule has 0 aliphatic rings. The van der Waals surface area contributed by atoms with Crippen LogP contribution in [-0.2, 0) is 4.79 Å². The summed E-state index contributed by atoms with van der Waals surface area (Å²) in [6.45, 7) is 4.09. The zero-order chi connectivity index (χ0) is 13.7. The number of nitrogens with one attached hydrogen (secondary N) is 1. The molecule has 0 aliphatic carbocycles. The summed E-state index contributed by atoms with van der Waals surface area (Å²) in [4.78, 5) is 29.0. The van der Waals surface area contributed by atoms with E-state index < -0.39 is 11.9 Å². The van der Waals surface area contributed by atoms with E-state index >= 15 is 0 Å². The van der Waals surface area contributed by atoms with Crippen LogP contribution in [0.3, 0.4) is 0 Å². The van der Waals surface area contributed by atoms with Crippen LogP contribution in [0.5, 0.6) is 0 Å². The van der Waals surface area contributed by atoms with Crippen LogP contribution in [0.1, 0.15) is 24.3 Å². The Bertz CT molecular complexity index is 451. The van der Waals surface area contributed by atoms with E-state index in [9.17, 15) is 9.59 Å². The van der Waals surface area contributed by atoms with Crippen molar-refractivity contribution in [2.75, 3.05) is 13.6 Å². The normalized spacial score (nSPS) is 11.8. The van der Waals surface area contributed by atoms with Crippen molar-refractivity contribution in [1.82, 2.24) is 15.2 Å². The zero-order valence-corrected chi connectivity index (χ0v) is 11.4. The number of aromatic nitrogens is 1. The molecular weight excluding hydrogens is 254 g/mol. The first kappa shape index (κ1) is 14.4. The monoisotopic (exact) mass is 269 g/mol. The number of halogens is 1. The molecule has 18 heavy (non-hydrogen) atoms. The van der Waals surface area contributed by atoms with Gasteiger partial charge in [0.1, 0.15) is 11.7 Å². The lowest BCUT2D eigenvalue weighted by Gasteiger charge is -2.20. The Balaban J connectivity index is 2.68. The Morgan fingerprint density at radius 2 is 2.22 bits per heavy atom. The van der Waals surface area contributed by atoms with Gasteiger partial charge in [-0.15, -0.1) is 0 Å². The first-order valence-corrected chi connectivity index (χ1v) is 6.01. The van der Waals surface area contributed by atoms with Crippen molar-refractivity contribution in [2.45, 2.75) is 19.9 Å². The van der Waals surface area contributed by atoms with E-state index in [4.69, 9.17) is 11.6 Å². The fourth-order valence-corrected chi connectivity index (χ4v) is 1.51. The van der Waals surface area contributed by atoms with E-state index in [0.717, 1.165) is 0 Å². The van der Waals surface area contributed by atoms with Crippen molar-refractivity contribution in [3.8, 4) is 0 Å². The molecule has 1 N–H and O–H groups in total. The van der Waals surface area contributed by atoms with Gasteiger partial charge in [0.15, 0.2) is 0 Å². The van der Waals surface area contributed by atoms with Gasteiger partial charge in [-0.1, -0.05) is 11.6 Å². The highest BCUT2D eigenvalue weighted by molar-refractivity contribution is 6.30. The van der Waals surface area contributed by atoms with E-state index in [1.807, 2.05) is 6.92 Å². The van der Waals surface area contributed by atoms with Crippen LogP contribution < -0.4 is 5.32 Å². The molecule has 1 aromatic heterocycles. The second-order valence-corrected chi connectivity index (χ2v) is 4.34. The molecule has 1 atom stereocenters. The maximum absolute atomic E-state index is 11.8. The lowest BCUT2D eigenvalue weighted by Crippen LogP contribution is -2.45. The van der Waals surface area contributed by atoms with Crippen LogP contribution in [-0.4, -0.2) is 41.3 Å². The zero-order valence-electron chi connectivity index (χ0n) is 10.6. The summed E-state index contributed by atoms with van der Waals surface area (Å²) in [7, 11) is 1.68. The number of amides is 2. The molecule has 5 nitrogen and oxygen atoms in total. The fraction of sp³-hybridized carbons (Fsp3) is 0.417. The third-order valence-corrected chi connectivity index (χ3v) is 2.76. The topological polar surface area (TPSA) is 62.3 Å². The maximum Gasteiger partial charge on any atom is 0.270 e. The highest BCUT2D eigenvalue weighted by Gasteiger charge is 2.19. The Labute approximate surface area is 111 Å². The summed E-state index contributed by atoms with van der Waals surface area (Å²) < 4.78 is 0. The first-order valence-electron chi connectivity index (χ1n) is 5.63. The molecule has 98 valence electrons. The summed E-state index contributed by atoms with van der Waals surface area (Å²) in [6.07, 6.45) is 1.45. The van der Waals surface area contributed by atoms with Gasteiger partial charge in [0.25, 0.3) is 5.91 Å². The number of carbonyl (C=O) groups is 2. The van der Waals surface area contributed by atoms with Crippen LogP contribution in [0.2, 0.25) is 5.02 Å². The number of rotatable bonds is 4. The van der Waals surface area contributed by atoms with Crippen LogP contribution in [0, 0.1) is 0 Å². The standard InChI is InChI=1S/C12H16ClN3O2/c1-4-16(3)12(18)8(2)15-11(17)10-7-9(13)5-6-14-10/h5-8H,4H2,1-3H3,(H,15,17). The Morgan fingerprint density at radius 3 is 2.78 bits per heavy atom. The molecule has 1 unspecified atom stereocenters. The average Bonchev–Trinajstić information content (AvgIpc) is 2.36. The highest BCUT2D eigenvalue weighted by atomic mass is 35.5. The third kappa shape index (κ3) is 3.70. The number of nitrogens with zero attached hydrogens (tertiary/aromatic N) is 2. The number of hydrogen-bond donors (Lipinski definition) is 1. The van der Waals surface area contributed by atoms with Gasteiger partial charge in [-0.05, 0) is 26.0 Å². The van der Waals surface area contributed by atoms with Gasteiger partial charge in [-0.25, -0.2) is 0 Å². The summed E-state index contributed by atoms with van der Waals surface area (Å²) in [5.74, 6) is -0.560. The number of hydrogen-bond acceptors (Lipinski definition) is 3. The molecule has 0 aliphatic heterocycles. The second kappa shape index (κ2) is 6.35. The minimum absolute atomic E-state index is 0.145. The molecule has 0 bridgehead atoms. The SMILES string of the molecule is CCN(C)C(=O)C(C)NC(=O)c1cc(Cl)ccn1. The fourth-order valence-electron chi connectivity index (χ4n) is 1.35.